The monoisotopic (exact) mass is 564 g/mol. The van der Waals surface area contributed by atoms with E-state index in [1.807, 2.05) is 0 Å². The SMILES string of the molecule is Cn1c(=O)c(-c2cc(NC(=O)c3cccc(C(F)(F)F)c3)ccc2Cl)cc2cnc(Nc3cccc(N)c3)nc21. The topological polar surface area (TPSA) is 115 Å². The van der Waals surface area contributed by atoms with Crippen LogP contribution in [0.3, 0.4) is 0 Å². The van der Waals surface area contributed by atoms with Gasteiger partial charge in [-0.25, -0.2) is 4.98 Å². The van der Waals surface area contributed by atoms with Crippen LogP contribution in [-0.4, -0.2) is 20.4 Å². The van der Waals surface area contributed by atoms with Gasteiger partial charge in [-0.2, -0.15) is 18.2 Å². The Morgan fingerprint density at radius 1 is 0.975 bits per heavy atom. The largest absolute Gasteiger partial charge is 0.416 e. The second kappa shape index (κ2) is 10.3. The number of halogens is 4. The van der Waals surface area contributed by atoms with Crippen molar-refractivity contribution in [3.63, 3.8) is 0 Å². The zero-order chi connectivity index (χ0) is 28.6. The minimum Gasteiger partial charge on any atom is -0.399 e. The molecule has 5 aromatic rings. The van der Waals surface area contributed by atoms with Crippen molar-refractivity contribution in [2.45, 2.75) is 6.18 Å². The molecule has 5 rings (SSSR count). The molecule has 2 aromatic heterocycles. The maximum Gasteiger partial charge on any atom is 0.416 e. The molecule has 8 nitrogen and oxygen atoms in total. The van der Waals surface area contributed by atoms with Crippen LogP contribution in [0.25, 0.3) is 22.2 Å². The number of carbonyl (C=O) groups is 1. The highest BCUT2D eigenvalue weighted by atomic mass is 35.5. The zero-order valence-electron chi connectivity index (χ0n) is 20.8. The molecule has 0 aliphatic heterocycles. The van der Waals surface area contributed by atoms with Crippen LogP contribution >= 0.6 is 11.6 Å². The van der Waals surface area contributed by atoms with Gasteiger partial charge in [-0.1, -0.05) is 23.7 Å². The summed E-state index contributed by atoms with van der Waals surface area (Å²) in [7, 11) is 1.55. The molecular formula is C28H20ClF3N6O2. The van der Waals surface area contributed by atoms with Crippen LogP contribution in [0.2, 0.25) is 5.02 Å². The number of nitrogen functional groups attached to an aromatic ring is 1. The molecule has 4 N–H and O–H groups in total. The van der Waals surface area contributed by atoms with Gasteiger partial charge >= 0.3 is 6.18 Å². The number of carbonyl (C=O) groups excluding carboxylic acids is 1. The summed E-state index contributed by atoms with van der Waals surface area (Å²) in [6.07, 6.45) is -3.04. The van der Waals surface area contributed by atoms with Gasteiger partial charge in [-0.3, -0.25) is 14.2 Å². The first-order valence-corrected chi connectivity index (χ1v) is 12.2. The Hall–Kier alpha value is -4.90. The first kappa shape index (κ1) is 26.7. The van der Waals surface area contributed by atoms with Gasteiger partial charge in [0.1, 0.15) is 5.65 Å². The summed E-state index contributed by atoms with van der Waals surface area (Å²) in [6, 6.07) is 17.2. The van der Waals surface area contributed by atoms with Crippen molar-refractivity contribution in [2.75, 3.05) is 16.4 Å². The molecule has 0 spiro atoms. The number of nitrogens with one attached hydrogen (secondary N) is 2. The first-order valence-electron chi connectivity index (χ1n) is 11.8. The predicted octanol–water partition coefficient (Wildman–Crippen LogP) is 6.25. The number of anilines is 4. The van der Waals surface area contributed by atoms with E-state index in [0.29, 0.717) is 28.0 Å². The number of benzene rings is 3. The van der Waals surface area contributed by atoms with Crippen molar-refractivity contribution in [3.05, 3.63) is 105 Å². The van der Waals surface area contributed by atoms with Crippen LogP contribution < -0.4 is 21.9 Å². The van der Waals surface area contributed by atoms with E-state index >= 15 is 0 Å². The molecule has 0 saturated carbocycles. The number of fused-ring (bicyclic) bond motifs is 1. The third-order valence-electron chi connectivity index (χ3n) is 6.06. The van der Waals surface area contributed by atoms with Crippen LogP contribution in [0.5, 0.6) is 0 Å². The molecule has 0 saturated heterocycles. The maximum atomic E-state index is 13.3. The van der Waals surface area contributed by atoms with Crippen LogP contribution in [0.1, 0.15) is 15.9 Å². The number of alkyl halides is 3. The van der Waals surface area contributed by atoms with E-state index < -0.39 is 23.2 Å². The lowest BCUT2D eigenvalue weighted by molar-refractivity contribution is -0.137. The highest BCUT2D eigenvalue weighted by molar-refractivity contribution is 6.33. The summed E-state index contributed by atoms with van der Waals surface area (Å²) in [4.78, 5) is 34.8. The smallest absolute Gasteiger partial charge is 0.399 e. The Morgan fingerprint density at radius 2 is 1.75 bits per heavy atom. The van der Waals surface area contributed by atoms with E-state index in [4.69, 9.17) is 17.3 Å². The lowest BCUT2D eigenvalue weighted by Crippen LogP contribution is -2.20. The molecule has 0 bridgehead atoms. The van der Waals surface area contributed by atoms with Crippen LogP contribution in [0.15, 0.2) is 83.8 Å². The minimum absolute atomic E-state index is 0.173. The number of nitrogens with zero attached hydrogens (tertiary/aromatic N) is 3. The normalized spacial score (nSPS) is 11.4. The van der Waals surface area contributed by atoms with Crippen LogP contribution in [0, 0.1) is 0 Å². The predicted molar refractivity (Wildman–Crippen MR) is 149 cm³/mol. The summed E-state index contributed by atoms with van der Waals surface area (Å²) in [5.41, 5.74) is 6.66. The van der Waals surface area contributed by atoms with E-state index in [1.165, 1.54) is 28.8 Å². The van der Waals surface area contributed by atoms with Gasteiger partial charge < -0.3 is 16.4 Å². The molecule has 2 heterocycles. The van der Waals surface area contributed by atoms with E-state index in [9.17, 15) is 22.8 Å². The second-order valence-electron chi connectivity index (χ2n) is 8.87. The van der Waals surface area contributed by atoms with Gasteiger partial charge in [0, 0.05) is 57.4 Å². The van der Waals surface area contributed by atoms with Gasteiger partial charge in [0.05, 0.1) is 5.56 Å². The van der Waals surface area contributed by atoms with E-state index in [0.717, 1.165) is 18.2 Å². The third-order valence-corrected chi connectivity index (χ3v) is 6.39. The number of rotatable bonds is 5. The molecule has 3 aromatic carbocycles. The van der Waals surface area contributed by atoms with Gasteiger partial charge in [-0.05, 0) is 60.7 Å². The van der Waals surface area contributed by atoms with Gasteiger partial charge in [0.15, 0.2) is 0 Å². The van der Waals surface area contributed by atoms with Crippen molar-refractivity contribution in [2.24, 2.45) is 7.05 Å². The number of aromatic nitrogens is 3. The van der Waals surface area contributed by atoms with Crippen molar-refractivity contribution >= 4 is 51.6 Å². The fourth-order valence-electron chi connectivity index (χ4n) is 4.09. The number of hydrogen-bond donors (Lipinski definition) is 3. The number of amides is 1. The molecule has 12 heteroatoms. The Kier molecular flexibility index (Phi) is 6.90. The summed E-state index contributed by atoms with van der Waals surface area (Å²) in [5.74, 6) is -0.488. The molecule has 0 atom stereocenters. The first-order chi connectivity index (χ1) is 19.0. The number of nitrogens with two attached hydrogens (primary N) is 1. The average molecular weight is 565 g/mol. The second-order valence-corrected chi connectivity index (χ2v) is 9.28. The lowest BCUT2D eigenvalue weighted by Gasteiger charge is -2.13. The van der Waals surface area contributed by atoms with Crippen molar-refractivity contribution < 1.29 is 18.0 Å². The molecule has 0 aliphatic rings. The van der Waals surface area contributed by atoms with Gasteiger partial charge in [-0.15, -0.1) is 0 Å². The molecule has 40 heavy (non-hydrogen) atoms. The molecule has 0 radical (unpaired) electrons. The number of aryl methyl sites for hydroxylation is 1. The Labute approximate surface area is 230 Å². The van der Waals surface area contributed by atoms with Crippen molar-refractivity contribution in [1.82, 2.24) is 14.5 Å². The highest BCUT2D eigenvalue weighted by Crippen LogP contribution is 2.32. The fraction of sp³-hybridized carbons (Fsp3) is 0.0714. The van der Waals surface area contributed by atoms with Crippen molar-refractivity contribution in [3.8, 4) is 11.1 Å². The Morgan fingerprint density at radius 3 is 2.50 bits per heavy atom. The molecular weight excluding hydrogens is 545 g/mol. The van der Waals surface area contributed by atoms with Gasteiger partial charge in [0.2, 0.25) is 5.95 Å². The van der Waals surface area contributed by atoms with Crippen LogP contribution in [0.4, 0.5) is 36.2 Å². The third kappa shape index (κ3) is 5.45. The van der Waals surface area contributed by atoms with E-state index in [1.54, 1.807) is 43.6 Å². The van der Waals surface area contributed by atoms with E-state index in [-0.39, 0.29) is 27.8 Å². The maximum absolute atomic E-state index is 13.3. The van der Waals surface area contributed by atoms with Crippen molar-refractivity contribution in [1.29, 1.82) is 0 Å². The lowest BCUT2D eigenvalue weighted by atomic mass is 10.0. The fourth-order valence-corrected chi connectivity index (χ4v) is 4.31. The average Bonchev–Trinajstić information content (AvgIpc) is 2.92. The summed E-state index contributed by atoms with van der Waals surface area (Å²) in [5, 5.41) is 6.39. The number of hydrogen-bond acceptors (Lipinski definition) is 6. The summed E-state index contributed by atoms with van der Waals surface area (Å²) < 4.78 is 40.5. The Bertz CT molecular complexity index is 1840. The summed E-state index contributed by atoms with van der Waals surface area (Å²) >= 11 is 6.42. The highest BCUT2D eigenvalue weighted by Gasteiger charge is 2.31. The molecule has 0 unspecified atom stereocenters. The molecule has 202 valence electrons. The molecule has 0 fully saturated rings. The van der Waals surface area contributed by atoms with E-state index in [2.05, 4.69) is 20.6 Å². The zero-order valence-corrected chi connectivity index (χ0v) is 21.5. The van der Waals surface area contributed by atoms with Crippen LogP contribution in [-0.2, 0) is 13.2 Å². The molecule has 0 aliphatic carbocycles. The number of pyridine rings is 1. The van der Waals surface area contributed by atoms with Gasteiger partial charge in [0.25, 0.3) is 11.5 Å². The Balaban J connectivity index is 1.47. The standard InChI is InChI=1S/C28H20ClF3N6O2/c1-38-24-16(14-34-27(37-24)36-19-7-3-6-18(33)12-19)11-22(26(38)40)21-13-20(8-9-23(21)29)35-25(39)15-4-2-5-17(10-15)28(30,31)32/h2-14H,33H2,1H3,(H,35,39)(H,34,36,37). The summed E-state index contributed by atoms with van der Waals surface area (Å²) in [6.45, 7) is 0. The molecule has 1 amide bonds. The quantitative estimate of drug-likeness (QED) is 0.218. The minimum atomic E-state index is -4.59.